The van der Waals surface area contributed by atoms with Gasteiger partial charge in [-0.25, -0.2) is 0 Å². The lowest BCUT2D eigenvalue weighted by Crippen LogP contribution is -2.50. The van der Waals surface area contributed by atoms with Gasteiger partial charge in [0.15, 0.2) is 0 Å². The first-order chi connectivity index (χ1) is 12.1. The van der Waals surface area contributed by atoms with Gasteiger partial charge in [0.1, 0.15) is 12.4 Å². The maximum atomic E-state index is 13.0. The number of ether oxygens (including phenoxy) is 1. The lowest BCUT2D eigenvalue weighted by Gasteiger charge is -2.28. The van der Waals surface area contributed by atoms with Crippen molar-refractivity contribution in [2.24, 2.45) is 0 Å². The Morgan fingerprint density at radius 3 is 2.72 bits per heavy atom. The summed E-state index contributed by atoms with van der Waals surface area (Å²) in [6, 6.07) is 7.48. The maximum Gasteiger partial charge on any atom is 0.244 e. The van der Waals surface area contributed by atoms with Crippen molar-refractivity contribution < 1.29 is 14.3 Å². The first kappa shape index (κ1) is 17.7. The number of nitrogens with zero attached hydrogens (tertiary/aromatic N) is 1. The third-order valence-corrected chi connectivity index (χ3v) is 5.16. The van der Waals surface area contributed by atoms with E-state index < -0.39 is 5.54 Å². The molecule has 6 nitrogen and oxygen atoms in total. The molecule has 6 heteroatoms. The molecule has 2 N–H and O–H groups in total. The van der Waals surface area contributed by atoms with E-state index in [0.717, 1.165) is 38.6 Å². The topological polar surface area (TPSA) is 70.7 Å². The van der Waals surface area contributed by atoms with E-state index in [1.807, 2.05) is 29.2 Å². The minimum Gasteiger partial charge on any atom is -0.490 e. The number of carbonyl (C=O) groups excluding carboxylic acids is 2. The summed E-state index contributed by atoms with van der Waals surface area (Å²) in [5.41, 5.74) is 0.177. The fraction of sp³-hybridized carbons (Fsp3) is 0.579. The van der Waals surface area contributed by atoms with Gasteiger partial charge in [0.25, 0.3) is 0 Å². The van der Waals surface area contributed by atoms with Gasteiger partial charge < -0.3 is 20.3 Å². The summed E-state index contributed by atoms with van der Waals surface area (Å²) in [5, 5.41) is 6.48. The fourth-order valence-electron chi connectivity index (χ4n) is 3.69. The van der Waals surface area contributed by atoms with Crippen LogP contribution in [0.5, 0.6) is 5.75 Å². The number of amides is 2. The summed E-state index contributed by atoms with van der Waals surface area (Å²) in [6.07, 6.45) is 4.44. The molecule has 2 aliphatic heterocycles. The van der Waals surface area contributed by atoms with Crippen molar-refractivity contribution in [1.82, 2.24) is 10.2 Å². The molecule has 2 heterocycles. The number of carbonyl (C=O) groups is 2. The van der Waals surface area contributed by atoms with Gasteiger partial charge in [-0.05, 0) is 50.8 Å². The van der Waals surface area contributed by atoms with Gasteiger partial charge in [-0.1, -0.05) is 12.1 Å². The van der Waals surface area contributed by atoms with Crippen molar-refractivity contribution in [3.63, 3.8) is 0 Å². The van der Waals surface area contributed by atoms with E-state index in [4.69, 9.17) is 4.74 Å². The summed E-state index contributed by atoms with van der Waals surface area (Å²) >= 11 is 0. The van der Waals surface area contributed by atoms with Crippen LogP contribution in [0.25, 0.3) is 0 Å². The number of benzene rings is 1. The number of fused-ring (bicyclic) bond motifs is 1. The third-order valence-electron chi connectivity index (χ3n) is 5.16. The standard InChI is InChI=1S/C19H27N3O3/c1-15(23)22-12-5-4-9-19(10-6-11-20-19)18(24)21-16-7-2-3-8-17(16)25-14-13-22/h2-3,7-8,20H,4-6,9-14H2,1H3,(H,21,24)/t19-/m1/s1. The van der Waals surface area contributed by atoms with E-state index in [1.165, 1.54) is 0 Å². The zero-order chi connectivity index (χ0) is 17.7. The first-order valence-corrected chi connectivity index (χ1v) is 9.15. The number of hydrogen-bond donors (Lipinski definition) is 2. The summed E-state index contributed by atoms with van der Waals surface area (Å²) in [6.45, 7) is 4.14. The first-order valence-electron chi connectivity index (χ1n) is 9.15. The Morgan fingerprint density at radius 1 is 1.16 bits per heavy atom. The molecule has 3 rings (SSSR count). The molecule has 2 aliphatic rings. The van der Waals surface area contributed by atoms with Crippen LogP contribution in [0.4, 0.5) is 5.69 Å². The molecule has 1 aromatic carbocycles. The van der Waals surface area contributed by atoms with Crippen LogP contribution in [0.2, 0.25) is 0 Å². The Hall–Kier alpha value is -2.08. The predicted molar refractivity (Wildman–Crippen MR) is 96.6 cm³/mol. The predicted octanol–water partition coefficient (Wildman–Crippen LogP) is 2.16. The molecular formula is C19H27N3O3. The van der Waals surface area contributed by atoms with Gasteiger partial charge in [0, 0.05) is 13.5 Å². The molecule has 1 fully saturated rings. The lowest BCUT2D eigenvalue weighted by atomic mass is 9.89. The average Bonchev–Trinajstić information content (AvgIpc) is 3.08. The van der Waals surface area contributed by atoms with Gasteiger partial charge in [0.05, 0.1) is 17.8 Å². The largest absolute Gasteiger partial charge is 0.490 e. The van der Waals surface area contributed by atoms with Crippen LogP contribution in [0.15, 0.2) is 24.3 Å². The highest BCUT2D eigenvalue weighted by atomic mass is 16.5. The molecule has 0 aromatic heterocycles. The number of hydrogen-bond acceptors (Lipinski definition) is 4. The second-order valence-corrected chi connectivity index (χ2v) is 6.87. The Balaban J connectivity index is 1.84. The summed E-state index contributed by atoms with van der Waals surface area (Å²) in [7, 11) is 0. The minimum absolute atomic E-state index is 0.0173. The summed E-state index contributed by atoms with van der Waals surface area (Å²) in [5.74, 6) is 0.727. The normalized spacial score (nSPS) is 25.2. The minimum atomic E-state index is -0.512. The Bertz CT molecular complexity index is 626. The second kappa shape index (κ2) is 7.87. The van der Waals surface area contributed by atoms with Crippen LogP contribution in [0.1, 0.15) is 39.0 Å². The summed E-state index contributed by atoms with van der Waals surface area (Å²) in [4.78, 5) is 26.6. The van der Waals surface area contributed by atoms with E-state index in [9.17, 15) is 9.59 Å². The highest BCUT2D eigenvalue weighted by Gasteiger charge is 2.40. The zero-order valence-corrected chi connectivity index (χ0v) is 14.8. The van der Waals surface area contributed by atoms with Crippen LogP contribution < -0.4 is 15.4 Å². The number of anilines is 1. The zero-order valence-electron chi connectivity index (χ0n) is 14.8. The van der Waals surface area contributed by atoms with E-state index in [1.54, 1.807) is 6.92 Å². The van der Waals surface area contributed by atoms with Crippen LogP contribution in [-0.4, -0.2) is 48.5 Å². The number of nitrogens with one attached hydrogen (secondary N) is 2. The van der Waals surface area contributed by atoms with Crippen molar-refractivity contribution in [2.75, 3.05) is 31.6 Å². The molecule has 25 heavy (non-hydrogen) atoms. The molecule has 1 saturated heterocycles. The quantitative estimate of drug-likeness (QED) is 0.756. The molecule has 136 valence electrons. The van der Waals surface area contributed by atoms with E-state index in [2.05, 4.69) is 10.6 Å². The maximum absolute atomic E-state index is 13.0. The molecule has 0 saturated carbocycles. The smallest absolute Gasteiger partial charge is 0.244 e. The fourth-order valence-corrected chi connectivity index (χ4v) is 3.69. The van der Waals surface area contributed by atoms with Crippen LogP contribution in [-0.2, 0) is 9.59 Å². The van der Waals surface area contributed by atoms with Gasteiger partial charge in [0.2, 0.25) is 11.8 Å². The van der Waals surface area contributed by atoms with E-state index in [-0.39, 0.29) is 11.8 Å². The SMILES string of the molecule is CC(=O)N1CCCC[C@@]2(CCCN2)C(=O)Nc2ccccc2OCC1. The molecule has 1 atom stereocenters. The molecule has 0 aliphatic carbocycles. The Morgan fingerprint density at radius 2 is 1.96 bits per heavy atom. The molecule has 0 bridgehead atoms. The molecule has 1 spiro atoms. The van der Waals surface area contributed by atoms with Crippen LogP contribution >= 0.6 is 0 Å². The van der Waals surface area contributed by atoms with Gasteiger partial charge in [-0.15, -0.1) is 0 Å². The van der Waals surface area contributed by atoms with Gasteiger partial charge >= 0.3 is 0 Å². The van der Waals surface area contributed by atoms with Crippen molar-refractivity contribution in [1.29, 1.82) is 0 Å². The Kier molecular flexibility index (Phi) is 5.58. The lowest BCUT2D eigenvalue weighted by molar-refractivity contribution is -0.129. The van der Waals surface area contributed by atoms with E-state index in [0.29, 0.717) is 31.1 Å². The number of rotatable bonds is 0. The van der Waals surface area contributed by atoms with Crippen LogP contribution in [0.3, 0.4) is 0 Å². The van der Waals surface area contributed by atoms with Crippen molar-refractivity contribution in [3.8, 4) is 5.75 Å². The average molecular weight is 345 g/mol. The van der Waals surface area contributed by atoms with E-state index >= 15 is 0 Å². The molecule has 1 aromatic rings. The molecule has 0 unspecified atom stereocenters. The summed E-state index contributed by atoms with van der Waals surface area (Å²) < 4.78 is 5.85. The van der Waals surface area contributed by atoms with Crippen molar-refractivity contribution in [3.05, 3.63) is 24.3 Å². The van der Waals surface area contributed by atoms with Crippen molar-refractivity contribution >= 4 is 17.5 Å². The monoisotopic (exact) mass is 345 g/mol. The Labute approximate surface area is 148 Å². The third kappa shape index (κ3) is 4.12. The highest BCUT2D eigenvalue weighted by Crippen LogP contribution is 2.30. The molecule has 0 radical (unpaired) electrons. The molecular weight excluding hydrogens is 318 g/mol. The van der Waals surface area contributed by atoms with Gasteiger partial charge in [-0.2, -0.15) is 0 Å². The number of para-hydroxylation sites is 2. The van der Waals surface area contributed by atoms with Crippen LogP contribution in [0, 0.1) is 0 Å². The highest BCUT2D eigenvalue weighted by molar-refractivity contribution is 5.99. The molecule has 2 amide bonds. The van der Waals surface area contributed by atoms with Gasteiger partial charge in [-0.3, -0.25) is 9.59 Å². The van der Waals surface area contributed by atoms with Crippen molar-refractivity contribution in [2.45, 2.75) is 44.6 Å². The second-order valence-electron chi connectivity index (χ2n) is 6.87.